The Hall–Kier alpha value is -6.30. The van der Waals surface area contributed by atoms with Gasteiger partial charge in [-0.15, -0.1) is 0 Å². The summed E-state index contributed by atoms with van der Waals surface area (Å²) in [5, 5.41) is 24.4. The highest BCUT2D eigenvalue weighted by Crippen LogP contribution is 2.58. The molecule has 2 atom stereocenters. The Morgan fingerprint density at radius 1 is 0.492 bits per heavy atom. The minimum Gasteiger partial charge on any atom is -0.493 e. The molecular weight excluding hydrogens is 797 g/mol. The van der Waals surface area contributed by atoms with Crippen molar-refractivity contribution in [3.05, 3.63) is 168 Å². The average Bonchev–Trinajstić information content (AvgIpc) is 3.60. The van der Waals surface area contributed by atoms with E-state index in [0.717, 1.165) is 44.2 Å². The zero-order valence-electron chi connectivity index (χ0n) is 35.7. The summed E-state index contributed by atoms with van der Waals surface area (Å²) in [7, 11) is 0. The van der Waals surface area contributed by atoms with E-state index in [1.54, 1.807) is 26.0 Å². The van der Waals surface area contributed by atoms with Crippen molar-refractivity contribution in [3.8, 4) is 22.6 Å². The number of hydrogen-bond acceptors (Lipinski definition) is 10. The maximum atomic E-state index is 11.6. The Morgan fingerprint density at radius 3 is 1.33 bits per heavy atom. The number of hydrogen-bond donors (Lipinski definition) is 2. The topological polar surface area (TPSA) is 130 Å². The summed E-state index contributed by atoms with van der Waals surface area (Å²) >= 11 is 0. The van der Waals surface area contributed by atoms with E-state index in [4.69, 9.17) is 28.4 Å². The van der Waals surface area contributed by atoms with Crippen LogP contribution in [0, 0.1) is 0 Å². The minimum absolute atomic E-state index is 0.0498. The van der Waals surface area contributed by atoms with Crippen LogP contribution >= 0.6 is 0 Å². The lowest BCUT2D eigenvalue weighted by molar-refractivity contribution is -0.142. The molecule has 6 aromatic rings. The fraction of sp³-hybridized carbons (Fsp3) is 0.283. The Balaban J connectivity index is 1.14. The van der Waals surface area contributed by atoms with E-state index >= 15 is 0 Å². The molecule has 0 bridgehead atoms. The lowest BCUT2D eigenvalue weighted by Gasteiger charge is -2.36. The summed E-state index contributed by atoms with van der Waals surface area (Å²) < 4.78 is 34.2. The van der Waals surface area contributed by atoms with Crippen LogP contribution in [0.15, 0.2) is 146 Å². The first-order valence-corrected chi connectivity index (χ1v) is 21.5. The molecule has 0 fully saturated rings. The van der Waals surface area contributed by atoms with Crippen LogP contribution < -0.4 is 9.47 Å². The van der Waals surface area contributed by atoms with E-state index < -0.39 is 29.6 Å². The summed E-state index contributed by atoms with van der Waals surface area (Å²) in [6.07, 6.45) is 5.14. The molecule has 0 aliphatic heterocycles. The molecule has 7 rings (SSSR count). The lowest BCUT2D eigenvalue weighted by Crippen LogP contribution is -2.29. The largest absolute Gasteiger partial charge is 0.493 e. The molecule has 63 heavy (non-hydrogen) atoms. The molecule has 10 heteroatoms. The van der Waals surface area contributed by atoms with Crippen LogP contribution in [0.3, 0.4) is 0 Å². The Bertz CT molecular complexity index is 2380. The van der Waals surface area contributed by atoms with E-state index in [1.165, 1.54) is 34.4 Å². The van der Waals surface area contributed by atoms with E-state index in [9.17, 15) is 19.8 Å². The highest BCUT2D eigenvalue weighted by molar-refractivity contribution is 6.01. The van der Waals surface area contributed by atoms with Gasteiger partial charge in [-0.2, -0.15) is 0 Å². The van der Waals surface area contributed by atoms with Gasteiger partial charge in [-0.3, -0.25) is 0 Å². The van der Waals surface area contributed by atoms with Gasteiger partial charge in [-0.05, 0) is 70.1 Å². The maximum absolute atomic E-state index is 11.6. The lowest BCUT2D eigenvalue weighted by atomic mass is 9.65. The molecule has 2 unspecified atom stereocenters. The Labute approximate surface area is 368 Å². The predicted molar refractivity (Wildman–Crippen MR) is 244 cm³/mol. The predicted octanol–water partition coefficient (Wildman–Crippen LogP) is 8.89. The van der Waals surface area contributed by atoms with E-state index in [1.807, 2.05) is 24.3 Å². The monoisotopic (exact) mass is 850 g/mol. The number of carbonyl (C=O) groups is 2. The van der Waals surface area contributed by atoms with Crippen molar-refractivity contribution in [3.63, 3.8) is 0 Å². The highest BCUT2D eigenvalue weighted by atomic mass is 16.6. The SMILES string of the molecule is CC=CC(=O)OCC(O)COCCCOc1cccc2c(C3(c4cccc5c(OCCCOCC(O)COC(=O)C=CC)cccc45)c4ccccc4-c4ccccc43)cccc12. The fourth-order valence-electron chi connectivity index (χ4n) is 8.37. The number of rotatable bonds is 22. The number of benzene rings is 6. The number of aliphatic hydroxyl groups excluding tert-OH is 2. The van der Waals surface area contributed by atoms with E-state index in [0.29, 0.717) is 39.3 Å². The molecule has 1 aliphatic rings. The summed E-state index contributed by atoms with van der Waals surface area (Å²) in [6.45, 7) is 4.83. The van der Waals surface area contributed by atoms with Crippen molar-refractivity contribution >= 4 is 33.5 Å². The normalized spacial score (nSPS) is 13.8. The van der Waals surface area contributed by atoms with E-state index in [2.05, 4.69) is 97.1 Å². The highest BCUT2D eigenvalue weighted by Gasteiger charge is 2.47. The molecule has 0 spiro atoms. The van der Waals surface area contributed by atoms with Crippen LogP contribution in [0.1, 0.15) is 48.9 Å². The van der Waals surface area contributed by atoms with Crippen LogP contribution in [0.25, 0.3) is 32.7 Å². The smallest absolute Gasteiger partial charge is 0.330 e. The third kappa shape index (κ3) is 10.2. The second-order valence-electron chi connectivity index (χ2n) is 15.3. The van der Waals surface area contributed by atoms with Crippen molar-refractivity contribution in [2.45, 2.75) is 44.3 Å². The standard InChI is InChI=1S/C53H54O10/c1-3-15-51(56)62-35-37(54)33-58-29-13-31-60-49-27-11-19-41-43(49)21-9-25-47(41)53(45-23-7-5-17-39(45)40-18-6-8-24-46(40)53)48-26-10-22-44-42(48)20-12-28-50(44)61-32-14-30-59-34-38(55)36-63-52(57)16-4-2/h3-12,15-28,37-38,54-55H,13-14,29-36H2,1-2H3. The minimum atomic E-state index is -0.914. The third-order valence-electron chi connectivity index (χ3n) is 11.0. The molecule has 0 radical (unpaired) electrons. The van der Waals surface area contributed by atoms with Gasteiger partial charge in [0.15, 0.2) is 0 Å². The number of ether oxygens (including phenoxy) is 6. The summed E-state index contributed by atoms with van der Waals surface area (Å²) in [6, 6.07) is 42.7. The Kier molecular flexibility index (Phi) is 15.4. The molecule has 1 aliphatic carbocycles. The van der Waals surface area contributed by atoms with Crippen molar-refractivity contribution < 1.29 is 48.2 Å². The van der Waals surface area contributed by atoms with Crippen molar-refractivity contribution in [1.29, 1.82) is 0 Å². The number of aliphatic hydroxyl groups is 2. The van der Waals surface area contributed by atoms with Gasteiger partial charge in [0.25, 0.3) is 0 Å². The molecule has 0 heterocycles. The quantitative estimate of drug-likeness (QED) is 0.0388. The van der Waals surface area contributed by atoms with Gasteiger partial charge in [0.1, 0.15) is 36.9 Å². The van der Waals surface area contributed by atoms with Gasteiger partial charge < -0.3 is 38.6 Å². The van der Waals surface area contributed by atoms with Gasteiger partial charge in [-0.25, -0.2) is 9.59 Å². The van der Waals surface area contributed by atoms with Gasteiger partial charge in [0.05, 0.1) is 31.8 Å². The molecule has 10 nitrogen and oxygen atoms in total. The van der Waals surface area contributed by atoms with Crippen molar-refractivity contribution in [2.75, 3.05) is 52.9 Å². The van der Waals surface area contributed by atoms with Crippen LogP contribution in [0.4, 0.5) is 0 Å². The molecule has 0 saturated carbocycles. The van der Waals surface area contributed by atoms with E-state index in [-0.39, 0.29) is 26.4 Å². The van der Waals surface area contributed by atoms with Gasteiger partial charge in [-0.1, -0.05) is 121 Å². The first-order valence-electron chi connectivity index (χ1n) is 21.5. The molecule has 0 aromatic heterocycles. The summed E-state index contributed by atoms with van der Waals surface area (Å²) in [5.74, 6) is 0.529. The molecule has 2 N–H and O–H groups in total. The molecule has 0 saturated heterocycles. The second-order valence-corrected chi connectivity index (χ2v) is 15.3. The van der Waals surface area contributed by atoms with Gasteiger partial charge in [0, 0.05) is 49.0 Å². The number of fused-ring (bicyclic) bond motifs is 5. The zero-order valence-corrected chi connectivity index (χ0v) is 35.7. The first kappa shape index (κ1) is 44.7. The van der Waals surface area contributed by atoms with Crippen LogP contribution in [-0.4, -0.2) is 87.2 Å². The second kappa shape index (κ2) is 21.7. The Morgan fingerprint density at radius 2 is 0.889 bits per heavy atom. The van der Waals surface area contributed by atoms with Gasteiger partial charge in [0.2, 0.25) is 0 Å². The molecule has 326 valence electrons. The first-order chi connectivity index (χ1) is 30.9. The molecular formula is C53H54O10. The molecule has 6 aromatic carbocycles. The molecule has 0 amide bonds. The van der Waals surface area contributed by atoms with Crippen LogP contribution in [-0.2, 0) is 34.0 Å². The summed E-state index contributed by atoms with van der Waals surface area (Å²) in [5.41, 5.74) is 6.30. The summed E-state index contributed by atoms with van der Waals surface area (Å²) in [4.78, 5) is 23.1. The fourth-order valence-corrected chi connectivity index (χ4v) is 8.37. The number of esters is 2. The zero-order chi connectivity index (χ0) is 44.0. The van der Waals surface area contributed by atoms with Crippen LogP contribution in [0.5, 0.6) is 11.5 Å². The van der Waals surface area contributed by atoms with Crippen LogP contribution in [0.2, 0.25) is 0 Å². The van der Waals surface area contributed by atoms with Crippen molar-refractivity contribution in [1.82, 2.24) is 0 Å². The van der Waals surface area contributed by atoms with Crippen molar-refractivity contribution in [2.24, 2.45) is 0 Å². The number of allylic oxidation sites excluding steroid dienone is 2. The maximum Gasteiger partial charge on any atom is 0.330 e. The third-order valence-corrected chi connectivity index (χ3v) is 11.0. The number of carbonyl (C=O) groups excluding carboxylic acids is 2. The van der Waals surface area contributed by atoms with Gasteiger partial charge >= 0.3 is 11.9 Å². The average molecular weight is 851 g/mol.